The van der Waals surface area contributed by atoms with E-state index in [2.05, 4.69) is 21.1 Å². The topological polar surface area (TPSA) is 95.1 Å². The smallest absolute Gasteiger partial charge is 0.177 e. The van der Waals surface area contributed by atoms with Gasteiger partial charge in [-0.2, -0.15) is 0 Å². The molecule has 3 heterocycles. The highest BCUT2D eigenvalue weighted by Crippen LogP contribution is 2.29. The first kappa shape index (κ1) is 12.1. The number of imidazole rings is 1. The first-order chi connectivity index (χ1) is 10.1. The molecular weight excluding hydrogens is 284 g/mol. The van der Waals surface area contributed by atoms with Crippen molar-refractivity contribution in [2.24, 2.45) is 0 Å². The van der Waals surface area contributed by atoms with Gasteiger partial charge in [0.05, 0.1) is 32.8 Å². The number of hydrogen-bond donors (Lipinski definition) is 2. The van der Waals surface area contributed by atoms with Crippen molar-refractivity contribution >= 4 is 38.7 Å². The number of aryl methyl sites for hydroxylation is 1. The lowest BCUT2D eigenvalue weighted by molar-refractivity contribution is 0.955. The van der Waals surface area contributed by atoms with E-state index in [0.717, 1.165) is 26.5 Å². The van der Waals surface area contributed by atoms with Gasteiger partial charge in [0.1, 0.15) is 5.82 Å². The molecule has 1 aromatic carbocycles. The van der Waals surface area contributed by atoms with Crippen LogP contribution in [0.25, 0.3) is 27.1 Å². The van der Waals surface area contributed by atoms with Crippen molar-refractivity contribution in [3.05, 3.63) is 35.5 Å². The van der Waals surface area contributed by atoms with E-state index in [1.165, 1.54) is 0 Å². The first-order valence-corrected chi connectivity index (χ1v) is 7.21. The van der Waals surface area contributed by atoms with Crippen LogP contribution in [0, 0.1) is 6.92 Å². The third-order valence-corrected chi connectivity index (χ3v) is 4.24. The minimum Gasteiger partial charge on any atom is -0.396 e. The van der Waals surface area contributed by atoms with Crippen LogP contribution in [0.5, 0.6) is 0 Å². The van der Waals surface area contributed by atoms with Gasteiger partial charge in [-0.1, -0.05) is 6.07 Å². The Kier molecular flexibility index (Phi) is 2.40. The van der Waals surface area contributed by atoms with E-state index >= 15 is 0 Å². The van der Waals surface area contributed by atoms with Gasteiger partial charge in [-0.25, -0.2) is 14.5 Å². The average Bonchev–Trinajstić information content (AvgIpc) is 2.99. The molecule has 4 rings (SSSR count). The molecule has 0 saturated heterocycles. The van der Waals surface area contributed by atoms with E-state index < -0.39 is 0 Å². The average molecular weight is 296 g/mol. The third-order valence-electron chi connectivity index (χ3n) is 3.31. The van der Waals surface area contributed by atoms with Gasteiger partial charge in [-0.15, -0.1) is 16.4 Å². The van der Waals surface area contributed by atoms with Crippen LogP contribution in [-0.4, -0.2) is 19.6 Å². The molecule has 0 fully saturated rings. The van der Waals surface area contributed by atoms with E-state index in [1.54, 1.807) is 28.1 Å². The molecule has 0 aliphatic rings. The van der Waals surface area contributed by atoms with E-state index in [4.69, 9.17) is 11.5 Å². The largest absolute Gasteiger partial charge is 0.396 e. The summed E-state index contributed by atoms with van der Waals surface area (Å²) >= 11 is 1.66. The second-order valence-electron chi connectivity index (χ2n) is 4.82. The molecular formula is C14H12N6S. The standard InChI is InChI=1S/C14H12N6S/c1-7-18-10-3-2-8(4-12(10)21-7)11-6-17-14-9(15)5-13(16)19-20(11)14/h2-6H,15H2,1H3,(H2,16,19). The Balaban J connectivity index is 1.99. The maximum absolute atomic E-state index is 5.93. The van der Waals surface area contributed by atoms with Crippen LogP contribution < -0.4 is 11.5 Å². The Hall–Kier alpha value is -2.67. The zero-order valence-electron chi connectivity index (χ0n) is 11.2. The predicted molar refractivity (Wildman–Crippen MR) is 85.2 cm³/mol. The SMILES string of the molecule is Cc1nc2ccc(-c3cnc4c(N)cc(N)nn34)cc2s1. The Bertz CT molecular complexity index is 984. The number of anilines is 2. The highest BCUT2D eigenvalue weighted by Gasteiger charge is 2.11. The van der Waals surface area contributed by atoms with Crippen molar-refractivity contribution in [3.63, 3.8) is 0 Å². The number of nitrogens with two attached hydrogens (primary N) is 2. The number of fused-ring (bicyclic) bond motifs is 2. The molecule has 4 N–H and O–H groups in total. The molecule has 0 amide bonds. The normalized spacial score (nSPS) is 11.5. The summed E-state index contributed by atoms with van der Waals surface area (Å²) in [7, 11) is 0. The fourth-order valence-corrected chi connectivity index (χ4v) is 3.27. The minimum absolute atomic E-state index is 0.369. The van der Waals surface area contributed by atoms with Crippen LogP contribution >= 0.6 is 11.3 Å². The monoisotopic (exact) mass is 296 g/mol. The summed E-state index contributed by atoms with van der Waals surface area (Å²) in [6, 6.07) is 7.71. The van der Waals surface area contributed by atoms with Gasteiger partial charge in [-0.05, 0) is 19.1 Å². The maximum Gasteiger partial charge on any atom is 0.177 e. The lowest BCUT2D eigenvalue weighted by Crippen LogP contribution is -2.02. The quantitative estimate of drug-likeness (QED) is 0.562. The highest BCUT2D eigenvalue weighted by atomic mass is 32.1. The Morgan fingerprint density at radius 3 is 2.90 bits per heavy atom. The lowest BCUT2D eigenvalue weighted by atomic mass is 10.1. The van der Waals surface area contributed by atoms with Gasteiger partial charge in [0, 0.05) is 11.6 Å². The van der Waals surface area contributed by atoms with Crippen molar-refractivity contribution in [1.82, 2.24) is 19.6 Å². The Morgan fingerprint density at radius 1 is 1.19 bits per heavy atom. The van der Waals surface area contributed by atoms with Gasteiger partial charge in [-0.3, -0.25) is 0 Å². The van der Waals surface area contributed by atoms with Crippen LogP contribution in [0.3, 0.4) is 0 Å². The molecule has 4 aromatic rings. The molecule has 7 heteroatoms. The zero-order valence-corrected chi connectivity index (χ0v) is 12.1. The molecule has 0 atom stereocenters. The van der Waals surface area contributed by atoms with E-state index in [-0.39, 0.29) is 0 Å². The molecule has 0 aliphatic carbocycles. The second-order valence-corrected chi connectivity index (χ2v) is 6.05. The predicted octanol–water partition coefficient (Wildman–Crippen LogP) is 2.48. The molecule has 0 spiro atoms. The fourth-order valence-electron chi connectivity index (χ4n) is 2.41. The van der Waals surface area contributed by atoms with Crippen molar-refractivity contribution < 1.29 is 0 Å². The summed E-state index contributed by atoms with van der Waals surface area (Å²) in [5, 5.41) is 5.35. The summed E-state index contributed by atoms with van der Waals surface area (Å²) in [5.41, 5.74) is 15.7. The van der Waals surface area contributed by atoms with Crippen LogP contribution in [0.15, 0.2) is 30.5 Å². The maximum atomic E-state index is 5.93. The molecule has 0 bridgehead atoms. The number of aromatic nitrogens is 4. The summed E-state index contributed by atoms with van der Waals surface area (Å²) in [6.07, 6.45) is 1.76. The van der Waals surface area contributed by atoms with Crippen LogP contribution in [-0.2, 0) is 0 Å². The van der Waals surface area contributed by atoms with Crippen molar-refractivity contribution in [2.45, 2.75) is 6.92 Å². The summed E-state index contributed by atoms with van der Waals surface area (Å²) in [6.45, 7) is 2.00. The number of rotatable bonds is 1. The van der Waals surface area contributed by atoms with Crippen LogP contribution in [0.4, 0.5) is 11.5 Å². The molecule has 21 heavy (non-hydrogen) atoms. The number of hydrogen-bond acceptors (Lipinski definition) is 6. The summed E-state index contributed by atoms with van der Waals surface area (Å²) < 4.78 is 2.82. The van der Waals surface area contributed by atoms with Gasteiger partial charge >= 0.3 is 0 Å². The van der Waals surface area contributed by atoms with E-state index in [1.807, 2.05) is 19.1 Å². The number of thiazole rings is 1. The van der Waals surface area contributed by atoms with Crippen molar-refractivity contribution in [3.8, 4) is 11.3 Å². The molecule has 0 unspecified atom stereocenters. The van der Waals surface area contributed by atoms with E-state index in [0.29, 0.717) is 17.2 Å². The number of benzene rings is 1. The molecule has 6 nitrogen and oxygen atoms in total. The van der Waals surface area contributed by atoms with Crippen molar-refractivity contribution in [2.75, 3.05) is 11.5 Å². The minimum atomic E-state index is 0.369. The molecule has 3 aromatic heterocycles. The van der Waals surface area contributed by atoms with E-state index in [9.17, 15) is 0 Å². The molecule has 0 aliphatic heterocycles. The van der Waals surface area contributed by atoms with Crippen LogP contribution in [0.1, 0.15) is 5.01 Å². The summed E-state index contributed by atoms with van der Waals surface area (Å²) in [4.78, 5) is 8.80. The first-order valence-electron chi connectivity index (χ1n) is 6.39. The number of nitrogen functional groups attached to an aromatic ring is 2. The van der Waals surface area contributed by atoms with Gasteiger partial charge in [0.25, 0.3) is 0 Å². The highest BCUT2D eigenvalue weighted by molar-refractivity contribution is 7.18. The van der Waals surface area contributed by atoms with Crippen molar-refractivity contribution in [1.29, 1.82) is 0 Å². The molecule has 104 valence electrons. The fraction of sp³-hybridized carbons (Fsp3) is 0.0714. The molecule has 0 saturated carbocycles. The third kappa shape index (κ3) is 1.82. The Morgan fingerprint density at radius 2 is 2.05 bits per heavy atom. The Labute approximate surface area is 124 Å². The molecule has 0 radical (unpaired) electrons. The van der Waals surface area contributed by atoms with Gasteiger partial charge in [0.15, 0.2) is 5.65 Å². The van der Waals surface area contributed by atoms with Crippen LogP contribution in [0.2, 0.25) is 0 Å². The second kappa shape index (κ2) is 4.16. The van der Waals surface area contributed by atoms with Gasteiger partial charge in [0.2, 0.25) is 0 Å². The lowest BCUT2D eigenvalue weighted by Gasteiger charge is -2.03. The van der Waals surface area contributed by atoms with Gasteiger partial charge < -0.3 is 11.5 Å². The summed E-state index contributed by atoms with van der Waals surface area (Å²) in [5.74, 6) is 0.369. The number of nitrogens with zero attached hydrogens (tertiary/aromatic N) is 4. The zero-order chi connectivity index (χ0) is 14.6.